The zero-order valence-corrected chi connectivity index (χ0v) is 12.1. The van der Waals surface area contributed by atoms with E-state index in [1.54, 1.807) is 18.2 Å². The minimum absolute atomic E-state index is 0.0752. The van der Waals surface area contributed by atoms with Gasteiger partial charge in [-0.25, -0.2) is 0 Å². The molecular formula is C15H18N2O4. The summed E-state index contributed by atoms with van der Waals surface area (Å²) in [5.74, 6) is 0.284. The van der Waals surface area contributed by atoms with Crippen molar-refractivity contribution in [3.8, 4) is 11.5 Å². The van der Waals surface area contributed by atoms with Gasteiger partial charge in [0.25, 0.3) is 0 Å². The zero-order chi connectivity index (χ0) is 15.0. The predicted octanol–water partition coefficient (Wildman–Crippen LogP) is 1.80. The lowest BCUT2D eigenvalue weighted by molar-refractivity contribution is -0.128. The van der Waals surface area contributed by atoms with Gasteiger partial charge >= 0.3 is 0 Å². The number of carbonyl (C=O) groups is 2. The fourth-order valence-corrected chi connectivity index (χ4v) is 2.53. The average Bonchev–Trinajstić information content (AvgIpc) is 2.72. The number of hydrogen-bond donors (Lipinski definition) is 2. The molecule has 0 aromatic heterocycles. The van der Waals surface area contributed by atoms with Crippen LogP contribution >= 0.6 is 0 Å². The molecule has 6 nitrogen and oxygen atoms in total. The standard InChI is InChI=1S/C15H18N2O4/c1-15(2)20-11-7-6-9(8-12(11)21-15)16-14(19)10-4-3-5-13(18)17-10/h6-8,10H,3-5H2,1-2H3,(H,16,19)(H,17,18)/t10-/m1/s1. The Morgan fingerprint density at radius 1 is 1.33 bits per heavy atom. The van der Waals surface area contributed by atoms with Crippen molar-refractivity contribution in [2.75, 3.05) is 5.32 Å². The smallest absolute Gasteiger partial charge is 0.246 e. The molecule has 1 aromatic rings. The second-order valence-electron chi connectivity index (χ2n) is 5.77. The van der Waals surface area contributed by atoms with Crippen LogP contribution in [0.1, 0.15) is 33.1 Å². The maximum atomic E-state index is 12.1. The Morgan fingerprint density at radius 3 is 2.86 bits per heavy atom. The Morgan fingerprint density at radius 2 is 2.10 bits per heavy atom. The number of rotatable bonds is 2. The van der Waals surface area contributed by atoms with E-state index in [0.29, 0.717) is 30.0 Å². The van der Waals surface area contributed by atoms with Gasteiger partial charge in [-0.05, 0) is 25.0 Å². The first-order valence-corrected chi connectivity index (χ1v) is 7.05. The first-order valence-electron chi connectivity index (χ1n) is 7.05. The molecule has 0 unspecified atom stereocenters. The van der Waals surface area contributed by atoms with Crippen LogP contribution in [0.15, 0.2) is 18.2 Å². The molecule has 1 aromatic carbocycles. The van der Waals surface area contributed by atoms with Crippen LogP contribution in [0.5, 0.6) is 11.5 Å². The molecule has 2 heterocycles. The van der Waals surface area contributed by atoms with Gasteiger partial charge in [0, 0.05) is 32.0 Å². The molecule has 0 saturated carbocycles. The van der Waals surface area contributed by atoms with E-state index in [0.717, 1.165) is 6.42 Å². The third-order valence-corrected chi connectivity index (χ3v) is 3.47. The Labute approximate surface area is 122 Å². The summed E-state index contributed by atoms with van der Waals surface area (Å²) in [5, 5.41) is 5.49. The number of benzene rings is 1. The highest BCUT2D eigenvalue weighted by atomic mass is 16.7. The first-order chi connectivity index (χ1) is 9.93. The lowest BCUT2D eigenvalue weighted by Gasteiger charge is -2.22. The highest BCUT2D eigenvalue weighted by Crippen LogP contribution is 2.40. The second kappa shape index (κ2) is 4.95. The van der Waals surface area contributed by atoms with E-state index in [1.807, 2.05) is 13.8 Å². The molecule has 2 N–H and O–H groups in total. The van der Waals surface area contributed by atoms with E-state index in [1.165, 1.54) is 0 Å². The Balaban J connectivity index is 1.69. The van der Waals surface area contributed by atoms with Gasteiger partial charge in [-0.2, -0.15) is 0 Å². The molecule has 112 valence electrons. The first kappa shape index (κ1) is 13.7. The molecule has 0 bridgehead atoms. The molecule has 1 saturated heterocycles. The van der Waals surface area contributed by atoms with Crippen LogP contribution in [0.4, 0.5) is 5.69 Å². The molecular weight excluding hydrogens is 272 g/mol. The lowest BCUT2D eigenvalue weighted by Crippen LogP contribution is -2.46. The number of ether oxygens (including phenoxy) is 2. The molecule has 3 rings (SSSR count). The fraction of sp³-hybridized carbons (Fsp3) is 0.467. The molecule has 2 aliphatic heterocycles. The summed E-state index contributed by atoms with van der Waals surface area (Å²) < 4.78 is 11.2. The third-order valence-electron chi connectivity index (χ3n) is 3.47. The quantitative estimate of drug-likeness (QED) is 0.870. The fourth-order valence-electron chi connectivity index (χ4n) is 2.53. The summed E-state index contributed by atoms with van der Waals surface area (Å²) in [6.45, 7) is 3.64. The van der Waals surface area contributed by atoms with Gasteiger partial charge in [-0.3, -0.25) is 9.59 Å². The average molecular weight is 290 g/mol. The summed E-state index contributed by atoms with van der Waals surface area (Å²) in [4.78, 5) is 23.5. The van der Waals surface area contributed by atoms with Crippen LogP contribution in [-0.2, 0) is 9.59 Å². The van der Waals surface area contributed by atoms with Crippen molar-refractivity contribution in [1.82, 2.24) is 5.32 Å². The highest BCUT2D eigenvalue weighted by Gasteiger charge is 2.32. The van der Waals surface area contributed by atoms with Gasteiger partial charge in [0.1, 0.15) is 6.04 Å². The van der Waals surface area contributed by atoms with Gasteiger partial charge in [0.15, 0.2) is 11.5 Å². The minimum Gasteiger partial charge on any atom is -0.449 e. The number of nitrogens with one attached hydrogen (secondary N) is 2. The molecule has 21 heavy (non-hydrogen) atoms. The van der Waals surface area contributed by atoms with Crippen LogP contribution in [0.2, 0.25) is 0 Å². The van der Waals surface area contributed by atoms with Crippen molar-refractivity contribution >= 4 is 17.5 Å². The third kappa shape index (κ3) is 2.94. The molecule has 0 radical (unpaired) electrons. The van der Waals surface area contributed by atoms with Gasteiger partial charge < -0.3 is 20.1 Å². The van der Waals surface area contributed by atoms with E-state index < -0.39 is 11.8 Å². The Kier molecular flexibility index (Phi) is 3.23. The number of fused-ring (bicyclic) bond motifs is 1. The van der Waals surface area contributed by atoms with E-state index in [9.17, 15) is 9.59 Å². The molecule has 2 aliphatic rings. The normalized spacial score (nSPS) is 22.6. The van der Waals surface area contributed by atoms with Crippen molar-refractivity contribution in [2.45, 2.75) is 44.9 Å². The number of amides is 2. The Bertz CT molecular complexity index is 597. The van der Waals surface area contributed by atoms with E-state index in [4.69, 9.17) is 9.47 Å². The van der Waals surface area contributed by atoms with Gasteiger partial charge in [-0.15, -0.1) is 0 Å². The molecule has 1 fully saturated rings. The summed E-state index contributed by atoms with van der Waals surface area (Å²) in [5.41, 5.74) is 0.625. The monoisotopic (exact) mass is 290 g/mol. The molecule has 6 heteroatoms. The number of hydrogen-bond acceptors (Lipinski definition) is 4. The maximum absolute atomic E-state index is 12.1. The largest absolute Gasteiger partial charge is 0.449 e. The van der Waals surface area contributed by atoms with Crippen LogP contribution in [-0.4, -0.2) is 23.6 Å². The van der Waals surface area contributed by atoms with E-state index >= 15 is 0 Å². The van der Waals surface area contributed by atoms with Crippen molar-refractivity contribution in [3.63, 3.8) is 0 Å². The highest BCUT2D eigenvalue weighted by molar-refractivity contribution is 5.97. The zero-order valence-electron chi connectivity index (χ0n) is 12.1. The Hall–Kier alpha value is -2.24. The molecule has 0 aliphatic carbocycles. The summed E-state index contributed by atoms with van der Waals surface area (Å²) in [7, 11) is 0. The molecule has 1 atom stereocenters. The topological polar surface area (TPSA) is 76.7 Å². The van der Waals surface area contributed by atoms with Crippen LogP contribution < -0.4 is 20.1 Å². The van der Waals surface area contributed by atoms with Gasteiger partial charge in [0.05, 0.1) is 0 Å². The lowest BCUT2D eigenvalue weighted by atomic mass is 10.0. The SMILES string of the molecule is CC1(C)Oc2ccc(NC(=O)[C@H]3CCCC(=O)N3)cc2O1. The number of piperidine rings is 1. The predicted molar refractivity (Wildman–Crippen MR) is 76.2 cm³/mol. The van der Waals surface area contributed by atoms with E-state index in [2.05, 4.69) is 10.6 Å². The van der Waals surface area contributed by atoms with E-state index in [-0.39, 0.29) is 11.8 Å². The van der Waals surface area contributed by atoms with Gasteiger partial charge in [0.2, 0.25) is 17.6 Å². The summed E-state index contributed by atoms with van der Waals surface area (Å²) in [6, 6.07) is 4.78. The van der Waals surface area contributed by atoms with Crippen LogP contribution in [0, 0.1) is 0 Å². The van der Waals surface area contributed by atoms with Crippen molar-refractivity contribution in [3.05, 3.63) is 18.2 Å². The number of carbonyl (C=O) groups excluding carboxylic acids is 2. The summed E-state index contributed by atoms with van der Waals surface area (Å²) in [6.07, 6.45) is 1.89. The number of anilines is 1. The summed E-state index contributed by atoms with van der Waals surface area (Å²) >= 11 is 0. The van der Waals surface area contributed by atoms with Crippen molar-refractivity contribution in [1.29, 1.82) is 0 Å². The van der Waals surface area contributed by atoms with Crippen molar-refractivity contribution in [2.24, 2.45) is 0 Å². The molecule has 2 amide bonds. The minimum atomic E-state index is -0.692. The van der Waals surface area contributed by atoms with Crippen molar-refractivity contribution < 1.29 is 19.1 Å². The van der Waals surface area contributed by atoms with Crippen LogP contribution in [0.3, 0.4) is 0 Å². The van der Waals surface area contributed by atoms with Gasteiger partial charge in [-0.1, -0.05) is 0 Å². The van der Waals surface area contributed by atoms with Crippen LogP contribution in [0.25, 0.3) is 0 Å². The maximum Gasteiger partial charge on any atom is 0.246 e. The molecule has 0 spiro atoms. The second-order valence-corrected chi connectivity index (χ2v) is 5.77.